The summed E-state index contributed by atoms with van der Waals surface area (Å²) >= 11 is 0. The highest BCUT2D eigenvalue weighted by Gasteiger charge is 2.48. The zero-order valence-corrected chi connectivity index (χ0v) is 20.5. The summed E-state index contributed by atoms with van der Waals surface area (Å²) in [7, 11) is 0. The lowest BCUT2D eigenvalue weighted by Crippen LogP contribution is -2.42. The minimum atomic E-state index is -0.0874. The zero-order chi connectivity index (χ0) is 23.7. The fraction of sp³-hybridized carbons (Fsp3) is 0.182. The molecule has 0 saturated carbocycles. The molecule has 3 aromatic heterocycles. The predicted octanol–water partition coefficient (Wildman–Crippen LogP) is 8.67. The molecule has 0 aliphatic heterocycles. The van der Waals surface area contributed by atoms with Crippen molar-refractivity contribution in [2.24, 2.45) is 0 Å². The molecule has 0 fully saturated rings. The van der Waals surface area contributed by atoms with E-state index < -0.39 is 0 Å². The summed E-state index contributed by atoms with van der Waals surface area (Å²) in [5.74, 6) is 0. The van der Waals surface area contributed by atoms with Gasteiger partial charge in [0.1, 0.15) is 0 Å². The standard InChI is InChI=1S/C33H26N2/c1-32(2)28-21-13-7-9-15-24(21)34-30-23-17-19-11-5-6-12-20(19)18-26(23)35-25-16-10-8-14-22(25)29(33(32,3)4)31(35)27(28)30/h5-18H,1-4H3. The van der Waals surface area contributed by atoms with E-state index in [0.29, 0.717) is 0 Å². The summed E-state index contributed by atoms with van der Waals surface area (Å²) in [5, 5.41) is 7.69. The van der Waals surface area contributed by atoms with Gasteiger partial charge in [0, 0.05) is 32.4 Å². The number of benzene rings is 4. The Morgan fingerprint density at radius 1 is 0.600 bits per heavy atom. The number of rotatable bonds is 0. The van der Waals surface area contributed by atoms with E-state index in [1.807, 2.05) is 0 Å². The second kappa shape index (κ2) is 6.01. The monoisotopic (exact) mass is 450 g/mol. The summed E-state index contributed by atoms with van der Waals surface area (Å²) in [6.45, 7) is 9.73. The van der Waals surface area contributed by atoms with E-state index in [1.165, 1.54) is 60.0 Å². The van der Waals surface area contributed by atoms with Crippen LogP contribution >= 0.6 is 0 Å². The number of para-hydroxylation sites is 2. The van der Waals surface area contributed by atoms with E-state index in [9.17, 15) is 0 Å². The van der Waals surface area contributed by atoms with Crippen LogP contribution in [-0.2, 0) is 10.8 Å². The lowest BCUT2D eigenvalue weighted by Gasteiger charge is -2.46. The largest absolute Gasteiger partial charge is 0.308 e. The Labute approximate surface area is 203 Å². The normalized spacial score (nSPS) is 16.5. The van der Waals surface area contributed by atoms with Crippen molar-refractivity contribution in [3.8, 4) is 0 Å². The van der Waals surface area contributed by atoms with Crippen molar-refractivity contribution in [2.45, 2.75) is 38.5 Å². The van der Waals surface area contributed by atoms with E-state index >= 15 is 0 Å². The molecule has 8 rings (SSSR count). The first-order valence-corrected chi connectivity index (χ1v) is 12.5. The van der Waals surface area contributed by atoms with Gasteiger partial charge >= 0.3 is 0 Å². The Morgan fingerprint density at radius 3 is 2.03 bits per heavy atom. The average molecular weight is 451 g/mol. The maximum absolute atomic E-state index is 5.37. The molecule has 35 heavy (non-hydrogen) atoms. The molecular formula is C33H26N2. The summed E-state index contributed by atoms with van der Waals surface area (Å²) in [5.41, 5.74) is 8.77. The van der Waals surface area contributed by atoms with Crippen LogP contribution in [0, 0.1) is 0 Å². The summed E-state index contributed by atoms with van der Waals surface area (Å²) < 4.78 is 2.53. The molecule has 3 heterocycles. The van der Waals surface area contributed by atoms with Crippen molar-refractivity contribution in [3.63, 3.8) is 0 Å². The van der Waals surface area contributed by atoms with Crippen LogP contribution in [0.3, 0.4) is 0 Å². The Kier molecular flexibility index (Phi) is 3.33. The highest BCUT2D eigenvalue weighted by Crippen LogP contribution is 2.57. The Balaban J connectivity index is 1.84. The van der Waals surface area contributed by atoms with Crippen LogP contribution in [0.25, 0.3) is 59.9 Å². The second-order valence-corrected chi connectivity index (χ2v) is 11.3. The van der Waals surface area contributed by atoms with Crippen molar-refractivity contribution < 1.29 is 0 Å². The number of pyridine rings is 2. The number of aromatic nitrogens is 2. The van der Waals surface area contributed by atoms with Gasteiger partial charge < -0.3 is 4.40 Å². The number of fused-ring (bicyclic) bond motifs is 9. The van der Waals surface area contributed by atoms with Crippen molar-refractivity contribution in [1.82, 2.24) is 9.38 Å². The first-order chi connectivity index (χ1) is 16.9. The van der Waals surface area contributed by atoms with Gasteiger partial charge in [-0.05, 0) is 46.2 Å². The molecule has 0 amide bonds. The van der Waals surface area contributed by atoms with Crippen LogP contribution in [0.2, 0.25) is 0 Å². The SMILES string of the molecule is CC1(C)c2c3ccccc3nc3c4cc5ccccc5cc4n4c5ccccc5c(c4c23)C1(C)C. The van der Waals surface area contributed by atoms with E-state index in [1.54, 1.807) is 0 Å². The Morgan fingerprint density at radius 2 is 1.23 bits per heavy atom. The summed E-state index contributed by atoms with van der Waals surface area (Å²) in [6, 6.07) is 31.1. The third-order valence-electron chi connectivity index (χ3n) is 9.18. The molecule has 0 saturated heterocycles. The third kappa shape index (κ3) is 2.11. The van der Waals surface area contributed by atoms with Crippen LogP contribution in [-0.4, -0.2) is 9.38 Å². The van der Waals surface area contributed by atoms with E-state index in [4.69, 9.17) is 4.98 Å². The molecule has 7 aromatic rings. The van der Waals surface area contributed by atoms with Crippen LogP contribution in [0.15, 0.2) is 84.9 Å². The molecule has 0 atom stereocenters. The maximum Gasteiger partial charge on any atom is 0.0827 e. The summed E-state index contributed by atoms with van der Waals surface area (Å²) in [4.78, 5) is 5.37. The second-order valence-electron chi connectivity index (χ2n) is 11.3. The molecule has 0 radical (unpaired) electrons. The van der Waals surface area contributed by atoms with E-state index in [-0.39, 0.29) is 10.8 Å². The van der Waals surface area contributed by atoms with Crippen molar-refractivity contribution in [1.29, 1.82) is 0 Å². The first-order valence-electron chi connectivity index (χ1n) is 12.5. The number of hydrogen-bond donors (Lipinski definition) is 0. The van der Waals surface area contributed by atoms with Gasteiger partial charge in [-0.25, -0.2) is 4.98 Å². The quantitative estimate of drug-likeness (QED) is 0.167. The van der Waals surface area contributed by atoms with Gasteiger partial charge in [-0.3, -0.25) is 0 Å². The molecule has 168 valence electrons. The molecule has 4 aromatic carbocycles. The highest BCUT2D eigenvalue weighted by molar-refractivity contribution is 6.22. The molecular weight excluding hydrogens is 424 g/mol. The van der Waals surface area contributed by atoms with Gasteiger partial charge in [0.25, 0.3) is 0 Å². The van der Waals surface area contributed by atoms with E-state index in [2.05, 4.69) is 117 Å². The number of hydrogen-bond acceptors (Lipinski definition) is 1. The molecule has 2 nitrogen and oxygen atoms in total. The van der Waals surface area contributed by atoms with Crippen LogP contribution in [0.4, 0.5) is 0 Å². The van der Waals surface area contributed by atoms with Gasteiger partial charge in [0.05, 0.1) is 27.6 Å². The molecule has 0 N–H and O–H groups in total. The van der Waals surface area contributed by atoms with Crippen LogP contribution in [0.1, 0.15) is 38.8 Å². The van der Waals surface area contributed by atoms with Crippen LogP contribution < -0.4 is 0 Å². The summed E-state index contributed by atoms with van der Waals surface area (Å²) in [6.07, 6.45) is 0. The molecule has 1 aliphatic carbocycles. The smallest absolute Gasteiger partial charge is 0.0827 e. The molecule has 0 bridgehead atoms. The van der Waals surface area contributed by atoms with Gasteiger partial charge in [0.2, 0.25) is 0 Å². The molecule has 0 spiro atoms. The van der Waals surface area contributed by atoms with Crippen molar-refractivity contribution >= 4 is 59.9 Å². The fourth-order valence-electron chi connectivity index (χ4n) is 6.87. The topological polar surface area (TPSA) is 17.3 Å². The zero-order valence-electron chi connectivity index (χ0n) is 20.5. The lowest BCUT2D eigenvalue weighted by molar-refractivity contribution is 0.308. The Hall–Kier alpha value is -3.91. The van der Waals surface area contributed by atoms with Gasteiger partial charge in [-0.1, -0.05) is 88.4 Å². The maximum atomic E-state index is 5.37. The predicted molar refractivity (Wildman–Crippen MR) is 149 cm³/mol. The first kappa shape index (κ1) is 19.4. The van der Waals surface area contributed by atoms with Crippen molar-refractivity contribution in [3.05, 3.63) is 96.1 Å². The Bertz CT molecular complexity index is 2050. The average Bonchev–Trinajstić information content (AvgIpc) is 3.22. The lowest BCUT2D eigenvalue weighted by atomic mass is 9.57. The minimum absolute atomic E-state index is 0.0735. The number of nitrogens with zero attached hydrogens (tertiary/aromatic N) is 2. The third-order valence-corrected chi connectivity index (χ3v) is 9.18. The van der Waals surface area contributed by atoms with Gasteiger partial charge in [0.15, 0.2) is 0 Å². The molecule has 1 aliphatic rings. The molecule has 2 heteroatoms. The van der Waals surface area contributed by atoms with Gasteiger partial charge in [-0.2, -0.15) is 0 Å². The van der Waals surface area contributed by atoms with Crippen molar-refractivity contribution in [2.75, 3.05) is 0 Å². The fourth-order valence-corrected chi connectivity index (χ4v) is 6.87. The molecule has 0 unspecified atom stereocenters. The highest BCUT2D eigenvalue weighted by atomic mass is 14.9. The van der Waals surface area contributed by atoms with E-state index in [0.717, 1.165) is 11.0 Å². The van der Waals surface area contributed by atoms with Crippen LogP contribution in [0.5, 0.6) is 0 Å². The minimum Gasteiger partial charge on any atom is -0.308 e. The van der Waals surface area contributed by atoms with Gasteiger partial charge in [-0.15, -0.1) is 0 Å².